The van der Waals surface area contributed by atoms with Gasteiger partial charge in [0.15, 0.2) is 5.78 Å². The first-order valence-corrected chi connectivity index (χ1v) is 17.0. The fraction of sp³-hybridized carbons (Fsp3) is 0.516. The number of hydrogen-bond acceptors (Lipinski definition) is 6. The predicted octanol–water partition coefficient (Wildman–Crippen LogP) is 7.52. The highest BCUT2D eigenvalue weighted by Crippen LogP contribution is 2.36. The molecule has 1 N–H and O–H groups in total. The van der Waals surface area contributed by atoms with Crippen LogP contribution in [0.2, 0.25) is 0 Å². The zero-order valence-electron chi connectivity index (χ0n) is 23.9. The van der Waals surface area contributed by atoms with Gasteiger partial charge in [-0.25, -0.2) is 8.42 Å². The summed E-state index contributed by atoms with van der Waals surface area (Å²) in [6.45, 7) is 10.6. The van der Waals surface area contributed by atoms with Crippen LogP contribution in [0.25, 0.3) is 10.1 Å². The van der Waals surface area contributed by atoms with Gasteiger partial charge < -0.3 is 9.64 Å². The number of nitrogens with zero attached hydrogens (tertiary/aromatic N) is 1. The Balaban J connectivity index is 1.71. The number of rotatable bonds is 18. The molecular weight excluding hydrogens is 528 g/mol. The summed E-state index contributed by atoms with van der Waals surface area (Å²) in [6.07, 6.45) is 9.83. The molecule has 0 bridgehead atoms. The molecule has 0 unspecified atom stereocenters. The molecule has 3 aromatic rings. The Kier molecular flexibility index (Phi) is 12.3. The molecule has 0 aliphatic rings. The Morgan fingerprint density at radius 2 is 1.54 bits per heavy atom. The van der Waals surface area contributed by atoms with E-state index in [4.69, 9.17) is 4.74 Å². The SMILES string of the molecule is CCCCc1sc2ccc(NS(C)(=O)=O)cc2c1C(=O)c1ccc(OCCCN(CCCC)CCCC)cc1. The highest BCUT2D eigenvalue weighted by Gasteiger charge is 2.21. The fourth-order valence-corrected chi connectivity index (χ4v) is 6.39. The van der Waals surface area contributed by atoms with Gasteiger partial charge in [0.1, 0.15) is 5.75 Å². The maximum absolute atomic E-state index is 13.7. The van der Waals surface area contributed by atoms with E-state index in [0.717, 1.165) is 72.3 Å². The Morgan fingerprint density at radius 1 is 0.897 bits per heavy atom. The Hall–Kier alpha value is -2.42. The van der Waals surface area contributed by atoms with Crippen LogP contribution in [0, 0.1) is 0 Å². The fourth-order valence-electron chi connectivity index (χ4n) is 4.61. The summed E-state index contributed by atoms with van der Waals surface area (Å²) in [5.74, 6) is 0.721. The van der Waals surface area contributed by atoms with Crippen LogP contribution in [0.3, 0.4) is 0 Å². The minimum atomic E-state index is -3.41. The second-order valence-corrected chi connectivity index (χ2v) is 13.1. The number of nitrogens with one attached hydrogen (secondary N) is 1. The number of carbonyl (C=O) groups excluding carboxylic acids is 1. The van der Waals surface area contributed by atoms with Gasteiger partial charge in [-0.05, 0) is 87.7 Å². The van der Waals surface area contributed by atoms with Crippen LogP contribution >= 0.6 is 11.3 Å². The molecule has 0 aliphatic heterocycles. The Labute approximate surface area is 238 Å². The minimum absolute atomic E-state index is 0.0436. The van der Waals surface area contributed by atoms with Crippen molar-refractivity contribution in [2.75, 3.05) is 37.2 Å². The lowest BCUT2D eigenvalue weighted by Gasteiger charge is -2.21. The van der Waals surface area contributed by atoms with Crippen LogP contribution in [0.1, 0.15) is 86.5 Å². The van der Waals surface area contributed by atoms with E-state index in [2.05, 4.69) is 30.4 Å². The van der Waals surface area contributed by atoms with Gasteiger partial charge in [-0.15, -0.1) is 11.3 Å². The van der Waals surface area contributed by atoms with Gasteiger partial charge in [0.25, 0.3) is 0 Å². The Morgan fingerprint density at radius 3 is 2.15 bits per heavy atom. The summed E-state index contributed by atoms with van der Waals surface area (Å²) in [6, 6.07) is 12.8. The van der Waals surface area contributed by atoms with Gasteiger partial charge in [0, 0.05) is 38.3 Å². The van der Waals surface area contributed by atoms with Crippen molar-refractivity contribution in [2.45, 2.75) is 72.1 Å². The van der Waals surface area contributed by atoms with Crippen molar-refractivity contribution in [2.24, 2.45) is 0 Å². The third kappa shape index (κ3) is 9.62. The molecule has 0 saturated heterocycles. The van der Waals surface area contributed by atoms with Crippen molar-refractivity contribution in [3.8, 4) is 5.75 Å². The number of ether oxygens (including phenoxy) is 1. The molecule has 214 valence electrons. The highest BCUT2D eigenvalue weighted by atomic mass is 32.2. The maximum Gasteiger partial charge on any atom is 0.229 e. The molecule has 0 fully saturated rings. The van der Waals surface area contributed by atoms with Gasteiger partial charge >= 0.3 is 0 Å². The van der Waals surface area contributed by atoms with Crippen molar-refractivity contribution >= 4 is 42.9 Å². The maximum atomic E-state index is 13.7. The molecule has 0 radical (unpaired) electrons. The normalized spacial score (nSPS) is 11.8. The van der Waals surface area contributed by atoms with Gasteiger partial charge in [-0.3, -0.25) is 9.52 Å². The molecule has 0 aliphatic carbocycles. The van der Waals surface area contributed by atoms with E-state index in [9.17, 15) is 13.2 Å². The molecule has 1 aromatic heterocycles. The molecule has 2 aromatic carbocycles. The van der Waals surface area contributed by atoms with Crippen molar-refractivity contribution in [1.82, 2.24) is 4.90 Å². The van der Waals surface area contributed by atoms with Gasteiger partial charge in [-0.1, -0.05) is 40.0 Å². The lowest BCUT2D eigenvalue weighted by Crippen LogP contribution is -2.28. The number of hydrogen-bond donors (Lipinski definition) is 1. The molecule has 3 rings (SSSR count). The average Bonchev–Trinajstić information content (AvgIpc) is 3.27. The molecule has 0 spiro atoms. The van der Waals surface area contributed by atoms with E-state index in [-0.39, 0.29) is 5.78 Å². The number of benzene rings is 2. The Bertz CT molecular complexity index is 1290. The zero-order valence-corrected chi connectivity index (χ0v) is 25.6. The lowest BCUT2D eigenvalue weighted by atomic mass is 9.98. The minimum Gasteiger partial charge on any atom is -0.494 e. The first-order valence-electron chi connectivity index (χ1n) is 14.3. The summed E-state index contributed by atoms with van der Waals surface area (Å²) in [4.78, 5) is 17.3. The zero-order chi connectivity index (χ0) is 28.3. The van der Waals surface area contributed by atoms with Crippen molar-refractivity contribution in [3.63, 3.8) is 0 Å². The van der Waals surface area contributed by atoms with E-state index in [1.54, 1.807) is 23.5 Å². The monoisotopic (exact) mass is 572 g/mol. The number of aryl methyl sites for hydroxylation is 1. The number of sulfonamides is 1. The average molecular weight is 573 g/mol. The van der Waals surface area contributed by atoms with Crippen molar-refractivity contribution < 1.29 is 17.9 Å². The van der Waals surface area contributed by atoms with E-state index in [0.29, 0.717) is 23.4 Å². The number of carbonyl (C=O) groups is 1. The van der Waals surface area contributed by atoms with Crippen molar-refractivity contribution in [3.05, 3.63) is 58.5 Å². The molecule has 0 atom stereocenters. The molecule has 8 heteroatoms. The molecule has 39 heavy (non-hydrogen) atoms. The molecular formula is C31H44N2O4S2. The standard InChI is InChI=1S/C31H44N2O4S2/c1-5-8-12-29-30(27-23-25(32-39(4,35)36)15-18-28(27)38-29)31(34)24-13-16-26(17-14-24)37-22-11-21-33(19-9-6-2)20-10-7-3/h13-18,23,32H,5-12,19-22H2,1-4H3. The molecule has 0 saturated carbocycles. The van der Waals surface area contributed by atoms with E-state index >= 15 is 0 Å². The van der Waals surface area contributed by atoms with E-state index in [1.807, 2.05) is 30.3 Å². The van der Waals surface area contributed by atoms with Crippen LogP contribution in [0.5, 0.6) is 5.75 Å². The quantitative estimate of drug-likeness (QED) is 0.126. The highest BCUT2D eigenvalue weighted by molar-refractivity contribution is 7.92. The number of ketones is 1. The number of fused-ring (bicyclic) bond motifs is 1. The van der Waals surface area contributed by atoms with Crippen LogP contribution in [-0.2, 0) is 16.4 Å². The lowest BCUT2D eigenvalue weighted by molar-refractivity contribution is 0.104. The first kappa shape index (κ1) is 31.1. The van der Waals surface area contributed by atoms with Crippen LogP contribution in [-0.4, -0.2) is 51.6 Å². The van der Waals surface area contributed by atoms with E-state index in [1.165, 1.54) is 25.7 Å². The summed E-state index contributed by atoms with van der Waals surface area (Å²) < 4.78 is 33.1. The number of anilines is 1. The van der Waals surface area contributed by atoms with Crippen LogP contribution in [0.15, 0.2) is 42.5 Å². The van der Waals surface area contributed by atoms with Crippen LogP contribution < -0.4 is 9.46 Å². The predicted molar refractivity (Wildman–Crippen MR) is 165 cm³/mol. The van der Waals surface area contributed by atoms with Crippen LogP contribution in [0.4, 0.5) is 5.69 Å². The molecule has 0 amide bonds. The summed E-state index contributed by atoms with van der Waals surface area (Å²) in [5.41, 5.74) is 1.74. The molecule has 6 nitrogen and oxygen atoms in total. The largest absolute Gasteiger partial charge is 0.494 e. The smallest absolute Gasteiger partial charge is 0.229 e. The van der Waals surface area contributed by atoms with Crippen molar-refractivity contribution in [1.29, 1.82) is 0 Å². The first-order chi connectivity index (χ1) is 18.8. The summed E-state index contributed by atoms with van der Waals surface area (Å²) in [5, 5.41) is 0.792. The molecule has 1 heterocycles. The second-order valence-electron chi connectivity index (χ2n) is 10.2. The third-order valence-electron chi connectivity index (χ3n) is 6.71. The number of unbranched alkanes of at least 4 members (excludes halogenated alkanes) is 3. The summed E-state index contributed by atoms with van der Waals surface area (Å²) >= 11 is 1.62. The third-order valence-corrected chi connectivity index (χ3v) is 8.55. The van der Waals surface area contributed by atoms with Gasteiger partial charge in [0.2, 0.25) is 10.0 Å². The topological polar surface area (TPSA) is 75.7 Å². The van der Waals surface area contributed by atoms with Gasteiger partial charge in [0.05, 0.1) is 12.9 Å². The van der Waals surface area contributed by atoms with E-state index < -0.39 is 10.0 Å². The number of thiophene rings is 1. The second kappa shape index (κ2) is 15.4. The summed E-state index contributed by atoms with van der Waals surface area (Å²) in [7, 11) is -3.41. The van der Waals surface area contributed by atoms with Gasteiger partial charge in [-0.2, -0.15) is 0 Å².